The zero-order valence-electron chi connectivity index (χ0n) is 12.0. The van der Waals surface area contributed by atoms with Crippen LogP contribution < -0.4 is 5.32 Å². The van der Waals surface area contributed by atoms with E-state index in [1.54, 1.807) is 7.05 Å². The van der Waals surface area contributed by atoms with E-state index in [0.717, 1.165) is 0 Å². The smallest absolute Gasteiger partial charge is 0.381 e. The molecule has 1 aliphatic rings. The molecule has 1 atom stereocenters. The molecule has 1 fully saturated rings. The normalized spacial score (nSPS) is 20.4. The Hall–Kier alpha value is -0.700. The zero-order chi connectivity index (χ0) is 15.5. The van der Waals surface area contributed by atoms with Crippen molar-refractivity contribution >= 4 is 11.3 Å². The molecule has 0 aromatic carbocycles. The third-order valence-corrected chi connectivity index (χ3v) is 4.74. The van der Waals surface area contributed by atoms with Gasteiger partial charge in [-0.3, -0.25) is 0 Å². The lowest BCUT2D eigenvalue weighted by atomic mass is 9.85. The molecular weight excluding hydrogens is 305 g/mol. The Labute approximate surface area is 125 Å². The Morgan fingerprint density at radius 1 is 1.48 bits per heavy atom. The van der Waals surface area contributed by atoms with Crippen molar-refractivity contribution in [1.29, 1.82) is 0 Å². The average Bonchev–Trinajstić information content (AvgIpc) is 2.90. The molecule has 8 heteroatoms. The summed E-state index contributed by atoms with van der Waals surface area (Å²) in [7, 11) is 1.73. The first-order valence-electron chi connectivity index (χ1n) is 6.85. The van der Waals surface area contributed by atoms with Gasteiger partial charge >= 0.3 is 6.18 Å². The summed E-state index contributed by atoms with van der Waals surface area (Å²) in [5.41, 5.74) is -0.544. The Bertz CT molecular complexity index is 453. The summed E-state index contributed by atoms with van der Waals surface area (Å²) >= 11 is 0.671. The number of nitrogens with one attached hydrogen (secondary N) is 1. The molecule has 0 amide bonds. The summed E-state index contributed by atoms with van der Waals surface area (Å²) in [4.78, 5) is 4.05. The van der Waals surface area contributed by atoms with Crippen LogP contribution in [0.2, 0.25) is 0 Å². The molecule has 2 heterocycles. The SMILES string of the molecule is CCOC1(C(NC)c2cnc(C(F)(F)F)s2)CCOCC1. The molecule has 1 unspecified atom stereocenters. The molecular formula is C13H19F3N2O2S. The number of halogens is 3. The molecule has 1 saturated heterocycles. The number of likely N-dealkylation sites (N-methyl/N-ethyl adjacent to an activating group) is 1. The topological polar surface area (TPSA) is 43.4 Å². The van der Waals surface area contributed by atoms with E-state index < -0.39 is 16.8 Å². The van der Waals surface area contributed by atoms with Crippen molar-refractivity contribution in [1.82, 2.24) is 10.3 Å². The fraction of sp³-hybridized carbons (Fsp3) is 0.769. The monoisotopic (exact) mass is 324 g/mol. The molecule has 4 nitrogen and oxygen atoms in total. The highest BCUT2D eigenvalue weighted by molar-refractivity contribution is 7.11. The highest BCUT2D eigenvalue weighted by atomic mass is 32.1. The second-order valence-corrected chi connectivity index (χ2v) is 5.96. The fourth-order valence-corrected chi connectivity index (χ4v) is 3.74. The van der Waals surface area contributed by atoms with Gasteiger partial charge in [-0.15, -0.1) is 11.3 Å². The van der Waals surface area contributed by atoms with Gasteiger partial charge in [-0.1, -0.05) is 0 Å². The maximum absolute atomic E-state index is 12.7. The molecule has 1 aromatic rings. The van der Waals surface area contributed by atoms with E-state index in [-0.39, 0.29) is 6.04 Å². The Kier molecular flexibility index (Phi) is 5.24. The molecule has 0 spiro atoms. The van der Waals surface area contributed by atoms with Gasteiger partial charge in [0.05, 0.1) is 11.6 Å². The number of aromatic nitrogens is 1. The van der Waals surface area contributed by atoms with Gasteiger partial charge in [-0.05, 0) is 14.0 Å². The third-order valence-electron chi connectivity index (χ3n) is 3.64. The van der Waals surface area contributed by atoms with Crippen LogP contribution in [0.1, 0.15) is 35.7 Å². The number of ether oxygens (including phenoxy) is 2. The summed E-state index contributed by atoms with van der Waals surface area (Å²) in [5.74, 6) is 0. The summed E-state index contributed by atoms with van der Waals surface area (Å²) in [5, 5.41) is 2.28. The lowest BCUT2D eigenvalue weighted by Crippen LogP contribution is -2.48. The van der Waals surface area contributed by atoms with Gasteiger partial charge in [0.1, 0.15) is 0 Å². The van der Waals surface area contributed by atoms with E-state index in [2.05, 4.69) is 10.3 Å². The minimum atomic E-state index is -4.41. The lowest BCUT2D eigenvalue weighted by Gasteiger charge is -2.42. The van der Waals surface area contributed by atoms with Crippen LogP contribution in [0, 0.1) is 0 Å². The number of rotatable bonds is 5. The van der Waals surface area contributed by atoms with Crippen LogP contribution in [0.3, 0.4) is 0 Å². The van der Waals surface area contributed by atoms with Crippen molar-refractivity contribution < 1.29 is 22.6 Å². The second kappa shape index (κ2) is 6.60. The molecule has 1 N–H and O–H groups in total. The molecule has 0 radical (unpaired) electrons. The third kappa shape index (κ3) is 3.56. The van der Waals surface area contributed by atoms with E-state index in [4.69, 9.17) is 9.47 Å². The van der Waals surface area contributed by atoms with Crippen molar-refractivity contribution in [2.24, 2.45) is 0 Å². The molecule has 1 aliphatic heterocycles. The Morgan fingerprint density at radius 2 is 2.14 bits per heavy atom. The first-order chi connectivity index (χ1) is 9.93. The zero-order valence-corrected chi connectivity index (χ0v) is 12.8. The predicted octanol–water partition coefficient (Wildman–Crippen LogP) is 3.01. The summed E-state index contributed by atoms with van der Waals surface area (Å²) in [6.45, 7) is 3.48. The number of hydrogen-bond acceptors (Lipinski definition) is 5. The average molecular weight is 324 g/mol. The van der Waals surface area contributed by atoms with E-state index in [1.807, 2.05) is 6.92 Å². The van der Waals surface area contributed by atoms with Crippen LogP contribution in [0.4, 0.5) is 13.2 Å². The Morgan fingerprint density at radius 3 is 2.62 bits per heavy atom. The lowest BCUT2D eigenvalue weighted by molar-refractivity contribution is -0.137. The first kappa shape index (κ1) is 16.7. The van der Waals surface area contributed by atoms with Crippen LogP contribution in [0.25, 0.3) is 0 Å². The number of alkyl halides is 3. The molecule has 120 valence electrons. The summed E-state index contributed by atoms with van der Waals surface area (Å²) in [6, 6.07) is -0.324. The van der Waals surface area contributed by atoms with E-state index in [0.29, 0.717) is 48.9 Å². The minimum absolute atomic E-state index is 0.324. The minimum Gasteiger partial charge on any atom is -0.381 e. The molecule has 0 saturated carbocycles. The molecule has 0 aliphatic carbocycles. The highest BCUT2D eigenvalue weighted by Crippen LogP contribution is 2.42. The maximum atomic E-state index is 12.7. The van der Waals surface area contributed by atoms with Gasteiger partial charge in [-0.2, -0.15) is 13.2 Å². The molecule has 21 heavy (non-hydrogen) atoms. The van der Waals surface area contributed by atoms with Crippen LogP contribution >= 0.6 is 11.3 Å². The molecule has 0 bridgehead atoms. The number of thiazole rings is 1. The standard InChI is InChI=1S/C13H19F3N2O2S/c1-3-20-12(4-6-19-7-5-12)10(17-2)9-8-18-11(21-9)13(14,15)16/h8,10,17H,3-7H2,1-2H3. The quantitative estimate of drug-likeness (QED) is 0.904. The van der Waals surface area contributed by atoms with E-state index >= 15 is 0 Å². The highest BCUT2D eigenvalue weighted by Gasteiger charge is 2.43. The largest absolute Gasteiger partial charge is 0.443 e. The Balaban J connectivity index is 2.30. The van der Waals surface area contributed by atoms with Crippen LogP contribution in [0.15, 0.2) is 6.20 Å². The van der Waals surface area contributed by atoms with Gasteiger partial charge in [0.15, 0.2) is 5.01 Å². The van der Waals surface area contributed by atoms with Crippen molar-refractivity contribution in [2.45, 2.75) is 37.6 Å². The number of nitrogens with zero attached hydrogens (tertiary/aromatic N) is 1. The summed E-state index contributed by atoms with van der Waals surface area (Å²) < 4.78 is 49.5. The van der Waals surface area contributed by atoms with E-state index in [1.165, 1.54) is 6.20 Å². The van der Waals surface area contributed by atoms with Gasteiger partial charge < -0.3 is 14.8 Å². The van der Waals surface area contributed by atoms with Gasteiger partial charge in [0.25, 0.3) is 0 Å². The van der Waals surface area contributed by atoms with E-state index in [9.17, 15) is 13.2 Å². The van der Waals surface area contributed by atoms with Crippen LogP contribution in [-0.2, 0) is 15.7 Å². The van der Waals surface area contributed by atoms with Gasteiger partial charge in [-0.25, -0.2) is 4.98 Å². The first-order valence-corrected chi connectivity index (χ1v) is 7.66. The van der Waals surface area contributed by atoms with Crippen molar-refractivity contribution in [3.05, 3.63) is 16.1 Å². The van der Waals surface area contributed by atoms with Gasteiger partial charge in [0, 0.05) is 43.7 Å². The van der Waals surface area contributed by atoms with Gasteiger partial charge in [0.2, 0.25) is 0 Å². The van der Waals surface area contributed by atoms with Crippen molar-refractivity contribution in [3.63, 3.8) is 0 Å². The number of hydrogen-bond donors (Lipinski definition) is 1. The molecule has 1 aromatic heterocycles. The van der Waals surface area contributed by atoms with Crippen LogP contribution in [0.5, 0.6) is 0 Å². The summed E-state index contributed by atoms with van der Waals surface area (Å²) in [6.07, 6.45) is -1.82. The maximum Gasteiger partial charge on any atom is 0.443 e. The fourth-order valence-electron chi connectivity index (χ4n) is 2.74. The van der Waals surface area contributed by atoms with Crippen molar-refractivity contribution in [3.8, 4) is 0 Å². The second-order valence-electron chi connectivity index (χ2n) is 4.90. The molecule has 2 rings (SSSR count). The van der Waals surface area contributed by atoms with Crippen LogP contribution in [-0.4, -0.2) is 37.5 Å². The predicted molar refractivity (Wildman–Crippen MR) is 73.3 cm³/mol. The van der Waals surface area contributed by atoms with Crippen molar-refractivity contribution in [2.75, 3.05) is 26.9 Å².